The lowest BCUT2D eigenvalue weighted by atomic mass is 9.95. The van der Waals surface area contributed by atoms with Gasteiger partial charge in [0.15, 0.2) is 5.96 Å². The van der Waals surface area contributed by atoms with E-state index < -0.39 is 0 Å². The minimum absolute atomic E-state index is 0. The Balaban J connectivity index is 0.00000272. The summed E-state index contributed by atoms with van der Waals surface area (Å²) in [5, 5.41) is 7.23. The van der Waals surface area contributed by atoms with Crippen molar-refractivity contribution in [1.82, 2.24) is 20.5 Å². The predicted molar refractivity (Wildman–Crippen MR) is 136 cm³/mol. The molecule has 0 radical (unpaired) electrons. The molecule has 4 rings (SSSR count). The van der Waals surface area contributed by atoms with E-state index in [-0.39, 0.29) is 36.4 Å². The summed E-state index contributed by atoms with van der Waals surface area (Å²) in [6.07, 6.45) is 11.4. The molecule has 1 amide bonds. The van der Waals surface area contributed by atoms with Crippen molar-refractivity contribution in [3.63, 3.8) is 0 Å². The molecule has 3 aliphatic rings. The Morgan fingerprint density at radius 3 is 2.52 bits per heavy atom. The molecule has 8 heteroatoms. The maximum absolute atomic E-state index is 12.0. The number of halogens is 1. The van der Waals surface area contributed by atoms with Crippen molar-refractivity contribution in [3.05, 3.63) is 24.5 Å². The summed E-state index contributed by atoms with van der Waals surface area (Å²) in [4.78, 5) is 24.8. The number of nitrogens with zero attached hydrogens (tertiary/aromatic N) is 4. The maximum Gasteiger partial charge on any atom is 0.243 e. The van der Waals surface area contributed by atoms with Crippen molar-refractivity contribution in [2.45, 2.75) is 44.6 Å². The van der Waals surface area contributed by atoms with Gasteiger partial charge in [-0.2, -0.15) is 0 Å². The van der Waals surface area contributed by atoms with Crippen LogP contribution in [0.25, 0.3) is 0 Å². The molecule has 1 aromatic rings. The monoisotopic (exact) mass is 540 g/mol. The molecule has 2 heterocycles. The van der Waals surface area contributed by atoms with Gasteiger partial charge >= 0.3 is 0 Å². The maximum atomic E-state index is 12.0. The van der Waals surface area contributed by atoms with Crippen molar-refractivity contribution >= 4 is 41.5 Å². The summed E-state index contributed by atoms with van der Waals surface area (Å²) in [6.45, 7) is 3.25. The molecule has 1 aliphatic heterocycles. The Bertz CT molecular complexity index is 735. The molecule has 2 bridgehead atoms. The van der Waals surface area contributed by atoms with E-state index in [1.165, 1.54) is 31.4 Å². The van der Waals surface area contributed by atoms with E-state index in [0.717, 1.165) is 50.3 Å². The number of fused-ring (bicyclic) bond motifs is 2. The third kappa shape index (κ3) is 6.46. The molecule has 2 saturated carbocycles. The number of nitrogens with one attached hydrogen (secondary N) is 2. The van der Waals surface area contributed by atoms with E-state index in [9.17, 15) is 4.79 Å². The normalized spacial score (nSPS) is 25.8. The summed E-state index contributed by atoms with van der Waals surface area (Å²) in [7, 11) is 3.57. The first-order valence-electron chi connectivity index (χ1n) is 11.5. The number of anilines is 1. The van der Waals surface area contributed by atoms with Crippen LogP contribution in [0.5, 0.6) is 0 Å². The fourth-order valence-corrected chi connectivity index (χ4v) is 5.23. The zero-order valence-electron chi connectivity index (χ0n) is 18.8. The molecular weight excluding hydrogens is 503 g/mol. The quantitative estimate of drug-likeness (QED) is 0.330. The molecule has 3 fully saturated rings. The number of aromatic nitrogens is 1. The number of piperidine rings is 1. The van der Waals surface area contributed by atoms with Gasteiger partial charge in [-0.15, -0.1) is 24.0 Å². The second kappa shape index (κ2) is 11.3. The van der Waals surface area contributed by atoms with Crippen molar-refractivity contribution in [2.75, 3.05) is 45.2 Å². The summed E-state index contributed by atoms with van der Waals surface area (Å²) in [6, 6.07) is 4.69. The lowest BCUT2D eigenvalue weighted by Crippen LogP contribution is -2.48. The fourth-order valence-electron chi connectivity index (χ4n) is 5.23. The minimum atomic E-state index is 0. The van der Waals surface area contributed by atoms with Crippen molar-refractivity contribution < 1.29 is 4.79 Å². The van der Waals surface area contributed by atoms with Gasteiger partial charge in [-0.3, -0.25) is 9.78 Å². The number of pyridine rings is 1. The van der Waals surface area contributed by atoms with Crippen LogP contribution in [0.2, 0.25) is 0 Å². The highest BCUT2D eigenvalue weighted by molar-refractivity contribution is 14.0. The molecule has 0 aromatic carbocycles. The van der Waals surface area contributed by atoms with Gasteiger partial charge in [-0.25, -0.2) is 4.99 Å². The second-order valence-electron chi connectivity index (χ2n) is 9.40. The summed E-state index contributed by atoms with van der Waals surface area (Å²) in [5.74, 6) is 3.14. The first kappa shape index (κ1) is 24.1. The third-order valence-electron chi connectivity index (χ3n) is 7.13. The first-order valence-corrected chi connectivity index (χ1v) is 11.5. The van der Waals surface area contributed by atoms with Crippen LogP contribution in [0.3, 0.4) is 0 Å². The molecule has 1 saturated heterocycles. The van der Waals surface area contributed by atoms with E-state index in [1.54, 1.807) is 19.0 Å². The molecular formula is C23H37IN6O. The van der Waals surface area contributed by atoms with Crippen molar-refractivity contribution in [3.8, 4) is 0 Å². The fraction of sp³-hybridized carbons (Fsp3) is 0.696. The largest absolute Gasteiger partial charge is 0.371 e. The van der Waals surface area contributed by atoms with Crippen LogP contribution in [0.1, 0.15) is 38.5 Å². The molecule has 2 aliphatic carbocycles. The highest BCUT2D eigenvalue weighted by Crippen LogP contribution is 2.44. The number of carbonyl (C=O) groups is 1. The number of amides is 1. The first-order chi connectivity index (χ1) is 14.6. The Kier molecular flexibility index (Phi) is 8.80. The Morgan fingerprint density at radius 2 is 1.90 bits per heavy atom. The lowest BCUT2D eigenvalue weighted by molar-refractivity contribution is -0.127. The highest BCUT2D eigenvalue weighted by atomic mass is 127. The predicted octanol–water partition coefficient (Wildman–Crippen LogP) is 2.73. The Morgan fingerprint density at radius 1 is 1.16 bits per heavy atom. The lowest BCUT2D eigenvalue weighted by Gasteiger charge is -2.34. The topological polar surface area (TPSA) is 72.9 Å². The molecule has 31 heavy (non-hydrogen) atoms. The Hall–Kier alpha value is -1.58. The number of aliphatic imine (C=N–C) groups is 1. The van der Waals surface area contributed by atoms with Crippen LogP contribution in [-0.2, 0) is 4.79 Å². The minimum Gasteiger partial charge on any atom is -0.371 e. The number of rotatable bonds is 6. The number of hydrogen-bond donors (Lipinski definition) is 2. The van der Waals surface area contributed by atoms with Gasteiger partial charge < -0.3 is 20.4 Å². The average molecular weight is 540 g/mol. The van der Waals surface area contributed by atoms with Crippen LogP contribution in [-0.4, -0.2) is 68.1 Å². The van der Waals surface area contributed by atoms with Crippen LogP contribution in [0, 0.1) is 17.8 Å². The van der Waals surface area contributed by atoms with Crippen molar-refractivity contribution in [1.29, 1.82) is 0 Å². The molecule has 7 nitrogen and oxygen atoms in total. The standard InChI is InChI=1S/C23H36N6O.HI/c1-28(2)22(30)16-26-23(27-21-14-18-3-4-19(21)13-18)25-15-17-7-11-29(12-8-17)20-5-9-24-10-6-20;/h5-6,9-10,17-19,21H,3-4,7-8,11-16H2,1-2H3,(H2,25,26,27);1H. The summed E-state index contributed by atoms with van der Waals surface area (Å²) >= 11 is 0. The van der Waals surface area contributed by atoms with Gasteiger partial charge in [0.25, 0.3) is 0 Å². The number of likely N-dealkylation sites (N-methyl/N-ethyl adjacent to an activating group) is 1. The molecule has 0 spiro atoms. The van der Waals surface area contributed by atoms with Gasteiger partial charge in [-0.1, -0.05) is 6.42 Å². The third-order valence-corrected chi connectivity index (χ3v) is 7.13. The van der Waals surface area contributed by atoms with Crippen molar-refractivity contribution in [2.24, 2.45) is 22.7 Å². The summed E-state index contributed by atoms with van der Waals surface area (Å²) in [5.41, 5.74) is 1.26. The molecule has 3 atom stereocenters. The van der Waals surface area contributed by atoms with Gasteiger partial charge in [0.1, 0.15) is 6.54 Å². The van der Waals surface area contributed by atoms with Gasteiger partial charge in [0.05, 0.1) is 0 Å². The number of hydrogen-bond acceptors (Lipinski definition) is 4. The van der Waals surface area contributed by atoms with Crippen LogP contribution in [0.4, 0.5) is 5.69 Å². The van der Waals surface area contributed by atoms with Crippen LogP contribution < -0.4 is 15.5 Å². The Labute approximate surface area is 203 Å². The molecule has 3 unspecified atom stereocenters. The van der Waals surface area contributed by atoms with E-state index in [4.69, 9.17) is 0 Å². The molecule has 172 valence electrons. The smallest absolute Gasteiger partial charge is 0.243 e. The highest BCUT2D eigenvalue weighted by Gasteiger charge is 2.39. The molecule has 2 N–H and O–H groups in total. The van der Waals surface area contributed by atoms with E-state index in [0.29, 0.717) is 12.0 Å². The van der Waals surface area contributed by atoms with E-state index in [2.05, 4.69) is 37.6 Å². The van der Waals surface area contributed by atoms with Crippen LogP contribution in [0.15, 0.2) is 29.5 Å². The summed E-state index contributed by atoms with van der Waals surface area (Å²) < 4.78 is 0. The van der Waals surface area contributed by atoms with Gasteiger partial charge in [0.2, 0.25) is 5.91 Å². The average Bonchev–Trinajstić information content (AvgIpc) is 3.39. The SMILES string of the molecule is CN(C)C(=O)CN=C(NCC1CCN(c2ccncc2)CC1)NC1CC2CCC1C2.I. The second-order valence-corrected chi connectivity index (χ2v) is 9.40. The van der Waals surface area contributed by atoms with Gasteiger partial charge in [-0.05, 0) is 62.0 Å². The van der Waals surface area contributed by atoms with Gasteiger partial charge in [0, 0.05) is 57.9 Å². The zero-order valence-corrected chi connectivity index (χ0v) is 21.1. The van der Waals surface area contributed by atoms with E-state index >= 15 is 0 Å². The zero-order chi connectivity index (χ0) is 20.9. The van der Waals surface area contributed by atoms with E-state index in [1.807, 2.05) is 12.4 Å². The number of guanidine groups is 1. The number of carbonyl (C=O) groups excluding carboxylic acids is 1. The molecule has 1 aromatic heterocycles. The van der Waals surface area contributed by atoms with Crippen LogP contribution >= 0.6 is 24.0 Å².